The zero-order valence-corrected chi connectivity index (χ0v) is 20.4. The molecule has 6 nitrogen and oxygen atoms in total. The molecule has 0 aromatic heterocycles. The SMILES string of the molecule is CCCCOc1ccc(C(=O)NC(=S)Nc2ccc(NC(=O)CC(C)C)cc2)cc1Br. The molecular formula is C23H28BrN3O3S. The van der Waals surface area contributed by atoms with Crippen LogP contribution in [0.4, 0.5) is 11.4 Å². The normalized spacial score (nSPS) is 10.5. The van der Waals surface area contributed by atoms with Crippen molar-refractivity contribution in [3.63, 3.8) is 0 Å². The number of thiocarbonyl (C=S) groups is 1. The Morgan fingerprint density at radius 3 is 2.29 bits per heavy atom. The lowest BCUT2D eigenvalue weighted by atomic mass is 10.1. The monoisotopic (exact) mass is 505 g/mol. The number of ether oxygens (including phenoxy) is 1. The van der Waals surface area contributed by atoms with Crippen molar-refractivity contribution >= 4 is 56.4 Å². The number of halogens is 1. The van der Waals surface area contributed by atoms with Crippen molar-refractivity contribution in [1.82, 2.24) is 5.32 Å². The lowest BCUT2D eigenvalue weighted by molar-refractivity contribution is -0.116. The predicted molar refractivity (Wildman–Crippen MR) is 133 cm³/mol. The van der Waals surface area contributed by atoms with Crippen molar-refractivity contribution in [2.45, 2.75) is 40.0 Å². The van der Waals surface area contributed by atoms with Crippen LogP contribution >= 0.6 is 28.1 Å². The molecule has 2 rings (SSSR count). The minimum atomic E-state index is -0.323. The van der Waals surface area contributed by atoms with Crippen molar-refractivity contribution < 1.29 is 14.3 Å². The van der Waals surface area contributed by atoms with E-state index in [-0.39, 0.29) is 16.9 Å². The molecule has 0 unspecified atom stereocenters. The number of hydrogen-bond donors (Lipinski definition) is 3. The Kier molecular flexibility index (Phi) is 9.94. The summed E-state index contributed by atoms with van der Waals surface area (Å²) in [6, 6.07) is 12.3. The van der Waals surface area contributed by atoms with Gasteiger partial charge in [-0.1, -0.05) is 27.2 Å². The van der Waals surface area contributed by atoms with Crippen LogP contribution in [0.1, 0.15) is 50.4 Å². The van der Waals surface area contributed by atoms with Crippen molar-refractivity contribution in [1.29, 1.82) is 0 Å². The number of carbonyl (C=O) groups excluding carboxylic acids is 2. The fourth-order valence-corrected chi connectivity index (χ4v) is 3.35. The lowest BCUT2D eigenvalue weighted by Crippen LogP contribution is -2.34. The number of nitrogens with one attached hydrogen (secondary N) is 3. The van der Waals surface area contributed by atoms with Gasteiger partial charge in [-0.2, -0.15) is 0 Å². The summed E-state index contributed by atoms with van der Waals surface area (Å²) in [5.74, 6) is 0.654. The Morgan fingerprint density at radius 1 is 1.06 bits per heavy atom. The zero-order chi connectivity index (χ0) is 22.8. The van der Waals surface area contributed by atoms with Gasteiger partial charge in [0.1, 0.15) is 5.75 Å². The smallest absolute Gasteiger partial charge is 0.257 e. The lowest BCUT2D eigenvalue weighted by Gasteiger charge is -2.12. The standard InChI is InChI=1S/C23H28BrN3O3S/c1-4-5-12-30-20-11-6-16(14-19(20)24)22(29)27-23(31)26-18-9-7-17(8-10-18)25-21(28)13-15(2)3/h6-11,14-15H,4-5,12-13H2,1-3H3,(H,25,28)(H2,26,27,29,31). The van der Waals surface area contributed by atoms with Gasteiger partial charge in [-0.3, -0.25) is 14.9 Å². The molecule has 0 aliphatic rings. The summed E-state index contributed by atoms with van der Waals surface area (Å²) in [5.41, 5.74) is 1.87. The van der Waals surface area contributed by atoms with E-state index in [1.807, 2.05) is 13.8 Å². The molecule has 0 saturated carbocycles. The Hall–Kier alpha value is -2.45. The number of hydrogen-bond acceptors (Lipinski definition) is 4. The first-order chi connectivity index (χ1) is 14.8. The highest BCUT2D eigenvalue weighted by molar-refractivity contribution is 9.10. The van der Waals surface area contributed by atoms with Crippen LogP contribution in [0.25, 0.3) is 0 Å². The fraction of sp³-hybridized carbons (Fsp3) is 0.348. The van der Waals surface area contributed by atoms with E-state index in [4.69, 9.17) is 17.0 Å². The largest absolute Gasteiger partial charge is 0.492 e. The quantitative estimate of drug-likeness (QED) is 0.299. The third-order valence-electron chi connectivity index (χ3n) is 4.20. The van der Waals surface area contributed by atoms with Gasteiger partial charge in [0.25, 0.3) is 5.91 Å². The molecule has 0 radical (unpaired) electrons. The molecule has 31 heavy (non-hydrogen) atoms. The molecule has 2 amide bonds. The summed E-state index contributed by atoms with van der Waals surface area (Å²) in [7, 11) is 0. The number of carbonyl (C=O) groups is 2. The molecule has 0 spiro atoms. The van der Waals surface area contributed by atoms with Gasteiger partial charge in [0.2, 0.25) is 5.91 Å². The molecule has 2 aromatic carbocycles. The molecule has 0 saturated heterocycles. The second-order valence-corrected chi connectivity index (χ2v) is 8.74. The molecule has 2 aromatic rings. The molecule has 0 bridgehead atoms. The van der Waals surface area contributed by atoms with Crippen LogP contribution in [0.5, 0.6) is 5.75 Å². The van der Waals surface area contributed by atoms with Gasteiger partial charge in [0.15, 0.2) is 5.11 Å². The van der Waals surface area contributed by atoms with Crippen LogP contribution in [0.2, 0.25) is 0 Å². The number of rotatable bonds is 9. The maximum Gasteiger partial charge on any atom is 0.257 e. The van der Waals surface area contributed by atoms with Gasteiger partial charge in [0.05, 0.1) is 11.1 Å². The molecule has 0 fully saturated rings. The average molecular weight is 506 g/mol. The first kappa shape index (κ1) is 24.8. The maximum atomic E-state index is 12.5. The van der Waals surface area contributed by atoms with E-state index in [2.05, 4.69) is 38.8 Å². The second kappa shape index (κ2) is 12.4. The summed E-state index contributed by atoms with van der Waals surface area (Å²) < 4.78 is 6.39. The Balaban J connectivity index is 1.88. The number of benzene rings is 2. The van der Waals surface area contributed by atoms with Gasteiger partial charge in [-0.05, 0) is 83.0 Å². The Bertz CT molecular complexity index is 917. The number of unbranched alkanes of at least 4 members (excludes halogenated alkanes) is 1. The second-order valence-electron chi connectivity index (χ2n) is 7.48. The average Bonchev–Trinajstić information content (AvgIpc) is 2.70. The summed E-state index contributed by atoms with van der Waals surface area (Å²) in [4.78, 5) is 24.3. The Labute approximate surface area is 197 Å². The van der Waals surface area contributed by atoms with Gasteiger partial charge in [0, 0.05) is 23.4 Å². The van der Waals surface area contributed by atoms with E-state index in [9.17, 15) is 9.59 Å². The third-order valence-corrected chi connectivity index (χ3v) is 5.02. The zero-order valence-electron chi connectivity index (χ0n) is 18.0. The third kappa shape index (κ3) is 8.67. The van der Waals surface area contributed by atoms with Crippen molar-refractivity contribution in [2.75, 3.05) is 17.2 Å². The topological polar surface area (TPSA) is 79.5 Å². The van der Waals surface area contributed by atoms with E-state index in [0.717, 1.165) is 12.8 Å². The van der Waals surface area contributed by atoms with Crippen LogP contribution < -0.4 is 20.7 Å². The van der Waals surface area contributed by atoms with Gasteiger partial charge < -0.3 is 15.4 Å². The maximum absolute atomic E-state index is 12.5. The van der Waals surface area contributed by atoms with E-state index in [1.165, 1.54) is 0 Å². The van der Waals surface area contributed by atoms with E-state index in [0.29, 0.717) is 46.1 Å². The highest BCUT2D eigenvalue weighted by Crippen LogP contribution is 2.26. The van der Waals surface area contributed by atoms with Crippen molar-refractivity contribution in [3.05, 3.63) is 52.5 Å². The fourth-order valence-electron chi connectivity index (χ4n) is 2.64. The first-order valence-corrected chi connectivity index (χ1v) is 11.4. The van der Waals surface area contributed by atoms with Crippen LogP contribution in [-0.4, -0.2) is 23.5 Å². The molecule has 166 valence electrons. The van der Waals surface area contributed by atoms with Crippen molar-refractivity contribution in [2.24, 2.45) is 5.92 Å². The van der Waals surface area contributed by atoms with E-state index < -0.39 is 0 Å². The van der Waals surface area contributed by atoms with Crippen LogP contribution in [-0.2, 0) is 4.79 Å². The highest BCUT2D eigenvalue weighted by atomic mass is 79.9. The molecule has 0 aliphatic heterocycles. The highest BCUT2D eigenvalue weighted by Gasteiger charge is 2.11. The molecular weight excluding hydrogens is 478 g/mol. The van der Waals surface area contributed by atoms with Gasteiger partial charge in [-0.25, -0.2) is 0 Å². The van der Waals surface area contributed by atoms with Crippen LogP contribution in [0, 0.1) is 5.92 Å². The summed E-state index contributed by atoms with van der Waals surface area (Å²) in [6.45, 7) is 6.73. The Morgan fingerprint density at radius 2 is 1.71 bits per heavy atom. The van der Waals surface area contributed by atoms with Crippen molar-refractivity contribution in [3.8, 4) is 5.75 Å². The summed E-state index contributed by atoms with van der Waals surface area (Å²) in [5, 5.41) is 8.66. The summed E-state index contributed by atoms with van der Waals surface area (Å²) in [6.07, 6.45) is 2.50. The molecule has 8 heteroatoms. The van der Waals surface area contributed by atoms with E-state index in [1.54, 1.807) is 42.5 Å². The molecule has 3 N–H and O–H groups in total. The van der Waals surface area contributed by atoms with Gasteiger partial charge >= 0.3 is 0 Å². The first-order valence-electron chi connectivity index (χ1n) is 10.2. The summed E-state index contributed by atoms with van der Waals surface area (Å²) >= 11 is 8.68. The molecule has 0 heterocycles. The number of anilines is 2. The molecule has 0 aliphatic carbocycles. The van der Waals surface area contributed by atoms with Crippen LogP contribution in [0.3, 0.4) is 0 Å². The predicted octanol–water partition coefficient (Wildman–Crippen LogP) is 5.74. The minimum Gasteiger partial charge on any atom is -0.492 e. The van der Waals surface area contributed by atoms with Gasteiger partial charge in [-0.15, -0.1) is 0 Å². The molecule has 0 atom stereocenters. The van der Waals surface area contributed by atoms with E-state index >= 15 is 0 Å². The number of amides is 2. The minimum absolute atomic E-state index is 0.0218. The van der Waals surface area contributed by atoms with Crippen LogP contribution in [0.15, 0.2) is 46.9 Å².